The van der Waals surface area contributed by atoms with Crippen LogP contribution in [0.5, 0.6) is 0 Å². The summed E-state index contributed by atoms with van der Waals surface area (Å²) in [7, 11) is 0. The molecule has 4 aromatic rings. The molecule has 0 radical (unpaired) electrons. The summed E-state index contributed by atoms with van der Waals surface area (Å²) in [5, 5.41) is 23.2. The van der Waals surface area contributed by atoms with Crippen LogP contribution in [0.4, 0.5) is 11.6 Å². The maximum absolute atomic E-state index is 12.4. The number of amides is 1. The standard InChI is InChI=1S/C15H11Cl2N11O3/c16-7-2-1-6(8(17)3-7)4-20-22-9(29)5-28-15(11-13(19)27-31-25-11)21-14(23-28)10-12(18)26-30-24-10/h1-4H,5H2,(H2,18,26)(H2,19,27)(H,22,29)/b20-4+. The number of aromatic nitrogens is 7. The van der Waals surface area contributed by atoms with Gasteiger partial charge in [-0.05, 0) is 32.8 Å². The Morgan fingerprint density at radius 3 is 2.48 bits per heavy atom. The second-order valence-electron chi connectivity index (χ2n) is 5.87. The van der Waals surface area contributed by atoms with Gasteiger partial charge < -0.3 is 11.5 Å². The van der Waals surface area contributed by atoms with Gasteiger partial charge in [-0.1, -0.05) is 29.3 Å². The number of nitrogens with zero attached hydrogens (tertiary/aromatic N) is 8. The van der Waals surface area contributed by atoms with Gasteiger partial charge >= 0.3 is 0 Å². The summed E-state index contributed by atoms with van der Waals surface area (Å²) in [6, 6.07) is 4.84. The van der Waals surface area contributed by atoms with Crippen LogP contribution in [0.2, 0.25) is 10.0 Å². The summed E-state index contributed by atoms with van der Waals surface area (Å²) in [5.41, 5.74) is 14.5. The van der Waals surface area contributed by atoms with Gasteiger partial charge in [0.2, 0.25) is 5.82 Å². The third-order valence-corrected chi connectivity index (χ3v) is 4.33. The molecule has 0 spiro atoms. The topological polar surface area (TPSA) is 202 Å². The summed E-state index contributed by atoms with van der Waals surface area (Å²) in [4.78, 5) is 16.6. The molecule has 16 heteroatoms. The van der Waals surface area contributed by atoms with Gasteiger partial charge in [0, 0.05) is 10.6 Å². The van der Waals surface area contributed by atoms with Crippen molar-refractivity contribution in [3.05, 3.63) is 33.8 Å². The molecule has 0 aliphatic carbocycles. The molecule has 0 fully saturated rings. The number of benzene rings is 1. The smallest absolute Gasteiger partial charge is 0.261 e. The quantitative estimate of drug-likeness (QED) is 0.271. The largest absolute Gasteiger partial charge is 0.379 e. The molecule has 1 amide bonds. The van der Waals surface area contributed by atoms with E-state index in [0.717, 1.165) is 0 Å². The third-order valence-electron chi connectivity index (χ3n) is 3.77. The van der Waals surface area contributed by atoms with Gasteiger partial charge in [-0.25, -0.2) is 24.3 Å². The van der Waals surface area contributed by atoms with Crippen molar-refractivity contribution >= 4 is 47.0 Å². The van der Waals surface area contributed by atoms with E-state index < -0.39 is 5.91 Å². The van der Waals surface area contributed by atoms with Crippen LogP contribution in [0, 0.1) is 0 Å². The number of rotatable bonds is 6. The van der Waals surface area contributed by atoms with Crippen molar-refractivity contribution in [1.82, 2.24) is 40.8 Å². The number of carbonyl (C=O) groups excluding carboxylic acids is 1. The maximum atomic E-state index is 12.4. The fraction of sp³-hybridized carbons (Fsp3) is 0.0667. The Hall–Kier alpha value is -4.04. The van der Waals surface area contributed by atoms with Crippen LogP contribution in [0.1, 0.15) is 5.56 Å². The van der Waals surface area contributed by atoms with Gasteiger partial charge in [0.1, 0.15) is 6.54 Å². The average Bonchev–Trinajstić information content (AvgIpc) is 3.43. The summed E-state index contributed by atoms with van der Waals surface area (Å²) >= 11 is 11.9. The van der Waals surface area contributed by atoms with Crippen LogP contribution in [-0.4, -0.2) is 47.5 Å². The lowest BCUT2D eigenvalue weighted by Crippen LogP contribution is -2.24. The molecule has 14 nitrogen and oxygen atoms in total. The molecular formula is C15H11Cl2N11O3. The molecule has 3 aromatic heterocycles. The first kappa shape index (κ1) is 20.2. The molecule has 5 N–H and O–H groups in total. The lowest BCUT2D eigenvalue weighted by atomic mass is 10.2. The molecule has 0 saturated heterocycles. The number of nitrogen functional groups attached to an aromatic ring is 2. The minimum atomic E-state index is -0.541. The zero-order valence-corrected chi connectivity index (χ0v) is 16.7. The number of hydrazone groups is 1. The van der Waals surface area contributed by atoms with Crippen molar-refractivity contribution in [2.24, 2.45) is 5.10 Å². The fourth-order valence-corrected chi connectivity index (χ4v) is 2.84. The summed E-state index contributed by atoms with van der Waals surface area (Å²) in [5.74, 6) is -0.525. The number of halogens is 2. The second-order valence-corrected chi connectivity index (χ2v) is 6.72. The lowest BCUT2D eigenvalue weighted by molar-refractivity contribution is -0.121. The minimum absolute atomic E-state index is 0.0281. The van der Waals surface area contributed by atoms with Crippen LogP contribution in [0.25, 0.3) is 23.0 Å². The second kappa shape index (κ2) is 8.37. The first-order valence-electron chi connectivity index (χ1n) is 8.31. The molecule has 1 aromatic carbocycles. The molecule has 0 atom stereocenters. The predicted molar refractivity (Wildman–Crippen MR) is 108 cm³/mol. The number of hydrogen-bond acceptors (Lipinski definition) is 12. The van der Waals surface area contributed by atoms with Crippen molar-refractivity contribution in [2.75, 3.05) is 11.5 Å². The Kier molecular flexibility index (Phi) is 5.46. The van der Waals surface area contributed by atoms with Gasteiger partial charge in [-0.2, -0.15) is 5.10 Å². The fourth-order valence-electron chi connectivity index (χ4n) is 2.38. The molecule has 4 rings (SSSR count). The molecule has 0 bridgehead atoms. The minimum Gasteiger partial charge on any atom is -0.379 e. The monoisotopic (exact) mass is 463 g/mol. The Labute approximate surface area is 182 Å². The molecule has 0 saturated carbocycles. The Bertz CT molecular complexity index is 1280. The molecular weight excluding hydrogens is 453 g/mol. The zero-order valence-electron chi connectivity index (χ0n) is 15.2. The van der Waals surface area contributed by atoms with Crippen molar-refractivity contribution in [2.45, 2.75) is 6.54 Å². The van der Waals surface area contributed by atoms with E-state index in [1.165, 1.54) is 10.9 Å². The van der Waals surface area contributed by atoms with Crippen LogP contribution < -0.4 is 16.9 Å². The first-order valence-corrected chi connectivity index (χ1v) is 9.06. The highest BCUT2D eigenvalue weighted by Crippen LogP contribution is 2.25. The zero-order chi connectivity index (χ0) is 22.0. The van der Waals surface area contributed by atoms with Crippen molar-refractivity contribution < 1.29 is 14.1 Å². The van der Waals surface area contributed by atoms with Crippen molar-refractivity contribution in [3.63, 3.8) is 0 Å². The number of carbonyl (C=O) groups is 1. The Balaban J connectivity index is 1.56. The van der Waals surface area contributed by atoms with E-state index in [0.29, 0.717) is 15.6 Å². The van der Waals surface area contributed by atoms with Crippen LogP contribution in [0.15, 0.2) is 32.6 Å². The predicted octanol–water partition coefficient (Wildman–Crippen LogP) is 1.000. The van der Waals surface area contributed by atoms with E-state index in [1.54, 1.807) is 18.2 Å². The molecule has 0 aliphatic heterocycles. The van der Waals surface area contributed by atoms with E-state index in [4.69, 9.17) is 34.7 Å². The van der Waals surface area contributed by atoms with Gasteiger partial charge in [-0.3, -0.25) is 4.79 Å². The normalized spacial score (nSPS) is 11.3. The van der Waals surface area contributed by atoms with Gasteiger partial charge in [0.25, 0.3) is 5.91 Å². The van der Waals surface area contributed by atoms with Gasteiger partial charge in [0.05, 0.1) is 11.2 Å². The van der Waals surface area contributed by atoms with Crippen molar-refractivity contribution in [3.8, 4) is 23.0 Å². The van der Waals surface area contributed by atoms with Gasteiger partial charge in [0.15, 0.2) is 28.8 Å². The van der Waals surface area contributed by atoms with E-state index in [9.17, 15) is 4.79 Å². The average molecular weight is 464 g/mol. The number of hydrogen-bond donors (Lipinski definition) is 3. The Morgan fingerprint density at radius 1 is 1.13 bits per heavy atom. The van der Waals surface area contributed by atoms with E-state index >= 15 is 0 Å². The Morgan fingerprint density at radius 2 is 1.84 bits per heavy atom. The van der Waals surface area contributed by atoms with E-state index in [1.807, 2.05) is 0 Å². The number of nitrogens with one attached hydrogen (secondary N) is 1. The van der Waals surface area contributed by atoms with E-state index in [2.05, 4.69) is 50.5 Å². The molecule has 3 heterocycles. The van der Waals surface area contributed by atoms with Crippen LogP contribution >= 0.6 is 23.2 Å². The molecule has 0 unspecified atom stereocenters. The number of nitrogens with two attached hydrogens (primary N) is 2. The SMILES string of the molecule is Nc1nonc1-c1nc(-c2nonc2N)n(CC(=O)N/N=C/c2ccc(Cl)cc2Cl)n1. The van der Waals surface area contributed by atoms with E-state index in [-0.39, 0.29) is 41.2 Å². The van der Waals surface area contributed by atoms with Gasteiger partial charge in [-0.15, -0.1) is 5.10 Å². The first-order chi connectivity index (χ1) is 14.9. The number of anilines is 2. The molecule has 158 valence electrons. The van der Waals surface area contributed by atoms with Crippen LogP contribution in [0.3, 0.4) is 0 Å². The molecule has 31 heavy (non-hydrogen) atoms. The highest BCUT2D eigenvalue weighted by Gasteiger charge is 2.24. The third kappa shape index (κ3) is 4.29. The summed E-state index contributed by atoms with van der Waals surface area (Å²) in [6.45, 7) is -0.314. The maximum Gasteiger partial charge on any atom is 0.261 e. The lowest BCUT2D eigenvalue weighted by Gasteiger charge is -2.03. The summed E-state index contributed by atoms with van der Waals surface area (Å²) in [6.07, 6.45) is 1.37. The molecule has 0 aliphatic rings. The summed E-state index contributed by atoms with van der Waals surface area (Å²) < 4.78 is 10.3. The van der Waals surface area contributed by atoms with Crippen molar-refractivity contribution in [1.29, 1.82) is 0 Å². The van der Waals surface area contributed by atoms with Crippen LogP contribution in [-0.2, 0) is 11.3 Å². The highest BCUT2D eigenvalue weighted by molar-refractivity contribution is 6.36. The highest BCUT2D eigenvalue weighted by atomic mass is 35.5.